The second kappa shape index (κ2) is 21.8. The minimum absolute atomic E-state index is 0. The quantitative estimate of drug-likeness (QED) is 0.0825. The lowest BCUT2D eigenvalue weighted by Gasteiger charge is -2.30. The normalized spacial score (nSPS) is 11.3. The minimum Gasteiger partial charge on any atom is -0.444 e. The number of unbranched alkanes of at least 4 members (excludes halogenated alkanes) is 5. The van der Waals surface area contributed by atoms with Crippen LogP contribution in [-0.2, 0) is 9.53 Å². The molecule has 0 aliphatic heterocycles. The largest absolute Gasteiger partial charge is 0.444 e. The van der Waals surface area contributed by atoms with Gasteiger partial charge >= 0.3 is 6.09 Å². The summed E-state index contributed by atoms with van der Waals surface area (Å²) >= 11 is 2.78. The van der Waals surface area contributed by atoms with E-state index < -0.39 is 5.60 Å². The molecule has 0 radical (unpaired) electrons. The van der Waals surface area contributed by atoms with E-state index in [0.29, 0.717) is 30.2 Å². The van der Waals surface area contributed by atoms with Gasteiger partial charge in [0.1, 0.15) is 11.4 Å². The van der Waals surface area contributed by atoms with Crippen molar-refractivity contribution < 1.29 is 33.7 Å². The number of anilines is 2. The van der Waals surface area contributed by atoms with Crippen molar-refractivity contribution in [3.05, 3.63) is 42.5 Å². The fourth-order valence-corrected chi connectivity index (χ4v) is 6.43. The maximum Gasteiger partial charge on any atom is 0.407 e. The molecule has 0 aliphatic carbocycles. The number of carbonyl (C=O) groups excluding carboxylic acids is 2. The molecule has 7 N–H and O–H groups in total. The first kappa shape index (κ1) is 42.9. The van der Waals surface area contributed by atoms with Gasteiger partial charge in [-0.3, -0.25) is 9.69 Å². The Morgan fingerprint density at radius 3 is 2.21 bits per heavy atom. The molecule has 0 saturated carbocycles. The van der Waals surface area contributed by atoms with Gasteiger partial charge in [0.2, 0.25) is 5.91 Å². The van der Waals surface area contributed by atoms with Gasteiger partial charge in [0.05, 0.1) is 22.3 Å². The topological polar surface area (TPSA) is 168 Å². The van der Waals surface area contributed by atoms with Crippen molar-refractivity contribution in [2.24, 2.45) is 0 Å². The van der Waals surface area contributed by atoms with Crippen LogP contribution in [0.3, 0.4) is 0 Å². The van der Waals surface area contributed by atoms with Gasteiger partial charge in [-0.15, -0.1) is 0 Å². The zero-order valence-corrected chi connectivity index (χ0v) is 31.2. The third-order valence-electron chi connectivity index (χ3n) is 7.22. The van der Waals surface area contributed by atoms with E-state index in [-0.39, 0.29) is 27.2 Å². The molecule has 0 fully saturated rings. The highest BCUT2D eigenvalue weighted by Gasteiger charge is 2.15. The molecule has 0 atom stereocenters. The molecule has 11 nitrogen and oxygen atoms in total. The average Bonchev–Trinajstić information content (AvgIpc) is 3.38. The molecule has 0 saturated heterocycles. The number of hydrogen-bond acceptors (Lipinski definition) is 9. The first-order valence-corrected chi connectivity index (χ1v) is 18.1. The number of hydrogen-bond donors (Lipinski definition) is 3. The number of nitrogens with zero attached hydrogens (tertiary/aromatic N) is 2. The van der Waals surface area contributed by atoms with Gasteiger partial charge in [-0.2, -0.15) is 0 Å². The zero-order valence-electron chi connectivity index (χ0n) is 29.6. The van der Waals surface area contributed by atoms with Crippen molar-refractivity contribution in [3.63, 3.8) is 0 Å². The molecule has 3 rings (SSSR count). The Hall–Kier alpha value is -3.10. The van der Waals surface area contributed by atoms with Crippen LogP contribution in [0.1, 0.15) is 97.7 Å². The summed E-state index contributed by atoms with van der Waals surface area (Å²) in [5.41, 5.74) is 1.46. The Balaban J connectivity index is -0.00000461. The molecule has 2 aromatic carbocycles. The standard InChI is InChI=1S/C35H53N5O4S2.2H2O.3H2/c1-25(2)40(26(3)4)23-22-36-27-15-18-29(19-16-27)46-44-28-17-20-30-31(24-28)45-33(38-30)39-32(41)14-12-10-8-9-11-13-21-37-34(42)43-35(5,6)7;;;;;/h15-20,24-26,36H,8-14,21-23H2,1-7H3,(H,37,42)(H,38,39,41);2*1H2;3*1H. The number of rotatable bonds is 19. The number of alkyl carbamates (subject to hydrolysis) is 1. The van der Waals surface area contributed by atoms with Gasteiger partial charge in [0, 0.05) is 59.1 Å². The maximum atomic E-state index is 12.5. The number of aromatic nitrogens is 1. The van der Waals surface area contributed by atoms with Crippen molar-refractivity contribution in [2.75, 3.05) is 30.3 Å². The SMILES string of the molecule is CC(C)N(CCNc1ccc(SOc2ccc3nc(NC(=O)CCCCCCCCNC(=O)OC(C)(C)C)sc3c2)cc1)C(C)C.O.O.[HH].[HH].[HH]. The van der Waals surface area contributed by atoms with Crippen LogP contribution in [0.15, 0.2) is 47.4 Å². The molecular weight excluding hydrogens is 651 g/mol. The lowest BCUT2D eigenvalue weighted by Crippen LogP contribution is -2.40. The maximum absolute atomic E-state index is 12.5. The van der Waals surface area contributed by atoms with E-state index in [0.717, 1.165) is 78.2 Å². The summed E-state index contributed by atoms with van der Waals surface area (Å²) in [4.78, 5) is 32.2. The van der Waals surface area contributed by atoms with Gasteiger partial charge in [-0.05, 0) is 97.7 Å². The van der Waals surface area contributed by atoms with E-state index >= 15 is 0 Å². The highest BCUT2D eigenvalue weighted by Crippen LogP contribution is 2.32. The Morgan fingerprint density at radius 1 is 0.917 bits per heavy atom. The Morgan fingerprint density at radius 2 is 1.56 bits per heavy atom. The predicted octanol–water partition coefficient (Wildman–Crippen LogP) is 8.20. The van der Waals surface area contributed by atoms with E-state index in [1.165, 1.54) is 23.4 Å². The Labute approximate surface area is 299 Å². The van der Waals surface area contributed by atoms with Gasteiger partial charge in [0.25, 0.3) is 0 Å². The Kier molecular flexibility index (Phi) is 19.5. The van der Waals surface area contributed by atoms with Crippen molar-refractivity contribution in [1.29, 1.82) is 0 Å². The van der Waals surface area contributed by atoms with Gasteiger partial charge in [-0.25, -0.2) is 9.78 Å². The number of benzene rings is 2. The van der Waals surface area contributed by atoms with Gasteiger partial charge < -0.3 is 35.8 Å². The summed E-state index contributed by atoms with van der Waals surface area (Å²) in [5.74, 6) is 0.729. The van der Waals surface area contributed by atoms with Crippen molar-refractivity contribution in [1.82, 2.24) is 15.2 Å². The first-order valence-electron chi connectivity index (χ1n) is 16.5. The molecule has 48 heavy (non-hydrogen) atoms. The number of carbonyl (C=O) groups is 2. The van der Waals surface area contributed by atoms with Crippen LogP contribution in [-0.4, -0.2) is 70.2 Å². The van der Waals surface area contributed by atoms with Crippen LogP contribution in [0, 0.1) is 0 Å². The first-order chi connectivity index (χ1) is 21.9. The van der Waals surface area contributed by atoms with E-state index in [1.54, 1.807) is 0 Å². The minimum atomic E-state index is -0.475. The molecule has 276 valence electrons. The second-order valence-electron chi connectivity index (χ2n) is 13.0. The summed E-state index contributed by atoms with van der Waals surface area (Å²) in [6.07, 6.45) is 6.06. The van der Waals surface area contributed by atoms with E-state index in [2.05, 4.69) is 77.8 Å². The third kappa shape index (κ3) is 16.3. The van der Waals surface area contributed by atoms with Crippen LogP contribution < -0.4 is 20.1 Å². The fraction of sp³-hybridized carbons (Fsp3) is 0.571. The van der Waals surface area contributed by atoms with E-state index in [9.17, 15) is 9.59 Å². The van der Waals surface area contributed by atoms with Crippen molar-refractivity contribution in [2.45, 2.75) is 116 Å². The van der Waals surface area contributed by atoms with Crippen LogP contribution in [0.2, 0.25) is 0 Å². The van der Waals surface area contributed by atoms with Crippen LogP contribution in [0.4, 0.5) is 15.6 Å². The summed E-state index contributed by atoms with van der Waals surface area (Å²) < 4.78 is 12.2. The summed E-state index contributed by atoms with van der Waals surface area (Å²) in [7, 11) is 0. The molecule has 0 bridgehead atoms. The molecule has 1 aromatic heterocycles. The second-order valence-corrected chi connectivity index (χ2v) is 14.9. The summed E-state index contributed by atoms with van der Waals surface area (Å²) in [5, 5.41) is 9.86. The van der Waals surface area contributed by atoms with E-state index in [4.69, 9.17) is 8.92 Å². The number of fused-ring (bicyclic) bond motifs is 1. The van der Waals surface area contributed by atoms with Gasteiger partial charge in [0.15, 0.2) is 5.13 Å². The van der Waals surface area contributed by atoms with Gasteiger partial charge in [-0.1, -0.05) is 37.0 Å². The number of nitrogens with one attached hydrogen (secondary N) is 3. The molecule has 2 amide bonds. The molecule has 13 heteroatoms. The number of ether oxygens (including phenoxy) is 1. The van der Waals surface area contributed by atoms with Crippen molar-refractivity contribution in [3.8, 4) is 5.75 Å². The smallest absolute Gasteiger partial charge is 0.407 e. The summed E-state index contributed by atoms with van der Waals surface area (Å²) in [6.45, 7) is 17.0. The third-order valence-corrected chi connectivity index (χ3v) is 8.89. The van der Waals surface area contributed by atoms with E-state index in [1.807, 2.05) is 39.0 Å². The van der Waals surface area contributed by atoms with Crippen LogP contribution >= 0.6 is 23.4 Å². The molecule has 1 heterocycles. The highest BCUT2D eigenvalue weighted by molar-refractivity contribution is 7.95. The Bertz CT molecular complexity index is 1370. The lowest BCUT2D eigenvalue weighted by atomic mass is 10.1. The van der Waals surface area contributed by atoms with Crippen LogP contribution in [0.5, 0.6) is 5.75 Å². The molecule has 3 aromatic rings. The molecule has 0 unspecified atom stereocenters. The average molecular weight is 714 g/mol. The fourth-order valence-electron chi connectivity index (χ4n) is 4.98. The molecular formula is C35H63N5O6S2. The van der Waals surface area contributed by atoms with Crippen LogP contribution in [0.25, 0.3) is 10.2 Å². The number of thiazole rings is 1. The number of amides is 2. The zero-order chi connectivity index (χ0) is 33.5. The lowest BCUT2D eigenvalue weighted by molar-refractivity contribution is -0.116. The van der Waals surface area contributed by atoms with Crippen molar-refractivity contribution >= 4 is 56.4 Å². The summed E-state index contributed by atoms with van der Waals surface area (Å²) in [6, 6.07) is 15.1. The monoisotopic (exact) mass is 713 g/mol. The highest BCUT2D eigenvalue weighted by atomic mass is 32.2. The molecule has 0 aliphatic rings. The molecule has 0 spiro atoms. The predicted molar refractivity (Wildman–Crippen MR) is 207 cm³/mol.